The van der Waals surface area contributed by atoms with E-state index in [0.717, 1.165) is 0 Å². The third kappa shape index (κ3) is 3.27. The SMILES string of the molecule is COC(=O)C(Br)COc1ccc([N+](=O)[O-])c2cccnc12. The van der Waals surface area contributed by atoms with Gasteiger partial charge in [0.25, 0.3) is 5.69 Å². The molecule has 1 unspecified atom stereocenters. The Labute approximate surface area is 128 Å². The van der Waals surface area contributed by atoms with E-state index in [1.165, 1.54) is 25.4 Å². The van der Waals surface area contributed by atoms with Crippen LogP contribution in [0, 0.1) is 10.1 Å². The second-order valence-corrected chi connectivity index (χ2v) is 5.15. The number of hydrogen-bond acceptors (Lipinski definition) is 6. The molecule has 1 heterocycles. The van der Waals surface area contributed by atoms with Crippen molar-refractivity contribution in [1.29, 1.82) is 0 Å². The number of methoxy groups -OCH3 is 1. The van der Waals surface area contributed by atoms with Crippen LogP contribution in [0.3, 0.4) is 0 Å². The molecule has 0 fully saturated rings. The fourth-order valence-electron chi connectivity index (χ4n) is 1.77. The van der Waals surface area contributed by atoms with Crippen molar-refractivity contribution >= 4 is 38.5 Å². The van der Waals surface area contributed by atoms with Crippen LogP contribution in [0.2, 0.25) is 0 Å². The quantitative estimate of drug-likeness (QED) is 0.354. The second kappa shape index (κ2) is 6.49. The summed E-state index contributed by atoms with van der Waals surface area (Å²) in [7, 11) is 1.28. The van der Waals surface area contributed by atoms with Crippen LogP contribution in [0.1, 0.15) is 0 Å². The molecule has 0 aliphatic heterocycles. The summed E-state index contributed by atoms with van der Waals surface area (Å²) in [5.74, 6) is -0.0984. The summed E-state index contributed by atoms with van der Waals surface area (Å²) in [6.07, 6.45) is 1.52. The third-order valence-corrected chi connectivity index (χ3v) is 3.39. The number of halogens is 1. The number of rotatable bonds is 5. The van der Waals surface area contributed by atoms with Crippen LogP contribution in [0.5, 0.6) is 5.75 Å². The number of nitrogens with zero attached hydrogens (tertiary/aromatic N) is 2. The number of carbonyl (C=O) groups is 1. The zero-order chi connectivity index (χ0) is 15.4. The summed E-state index contributed by atoms with van der Waals surface area (Å²) in [6.45, 7) is 0.0240. The van der Waals surface area contributed by atoms with E-state index in [2.05, 4.69) is 25.7 Å². The van der Waals surface area contributed by atoms with E-state index in [1.807, 2.05) is 0 Å². The Bertz CT molecular complexity index is 691. The lowest BCUT2D eigenvalue weighted by molar-refractivity contribution is -0.383. The summed E-state index contributed by atoms with van der Waals surface area (Å²) >= 11 is 3.13. The highest BCUT2D eigenvalue weighted by molar-refractivity contribution is 9.10. The number of ether oxygens (including phenoxy) is 2. The molecule has 0 saturated heterocycles. The molecule has 0 bridgehead atoms. The van der Waals surface area contributed by atoms with Gasteiger partial charge in [0.05, 0.1) is 17.4 Å². The number of alkyl halides is 1. The average molecular weight is 355 g/mol. The number of fused-ring (bicyclic) bond motifs is 1. The van der Waals surface area contributed by atoms with Crippen molar-refractivity contribution < 1.29 is 19.2 Å². The Morgan fingerprint density at radius 2 is 2.24 bits per heavy atom. The normalized spacial score (nSPS) is 11.9. The van der Waals surface area contributed by atoms with Gasteiger partial charge in [-0.1, -0.05) is 15.9 Å². The summed E-state index contributed by atoms with van der Waals surface area (Å²) in [4.78, 5) is 25.3. The Balaban J connectivity index is 2.31. The zero-order valence-corrected chi connectivity index (χ0v) is 12.6. The number of esters is 1. The van der Waals surface area contributed by atoms with Gasteiger partial charge in [0.1, 0.15) is 22.7 Å². The Kier molecular flexibility index (Phi) is 4.69. The first kappa shape index (κ1) is 15.2. The minimum absolute atomic E-state index is 0.0240. The van der Waals surface area contributed by atoms with E-state index >= 15 is 0 Å². The molecule has 0 N–H and O–H groups in total. The monoisotopic (exact) mass is 354 g/mol. The average Bonchev–Trinajstić information content (AvgIpc) is 2.51. The van der Waals surface area contributed by atoms with Crippen LogP contribution in [-0.2, 0) is 9.53 Å². The van der Waals surface area contributed by atoms with Gasteiger partial charge in [-0.2, -0.15) is 0 Å². The number of pyridine rings is 1. The fraction of sp³-hybridized carbons (Fsp3) is 0.231. The molecule has 0 saturated carbocycles. The van der Waals surface area contributed by atoms with Gasteiger partial charge in [-0.15, -0.1) is 0 Å². The van der Waals surface area contributed by atoms with Crippen molar-refractivity contribution in [2.75, 3.05) is 13.7 Å². The highest BCUT2D eigenvalue weighted by atomic mass is 79.9. The van der Waals surface area contributed by atoms with Crippen molar-refractivity contribution in [3.8, 4) is 5.75 Å². The molecule has 1 aromatic heterocycles. The van der Waals surface area contributed by atoms with Gasteiger partial charge in [-0.25, -0.2) is 0 Å². The van der Waals surface area contributed by atoms with E-state index in [-0.39, 0.29) is 12.3 Å². The van der Waals surface area contributed by atoms with E-state index in [0.29, 0.717) is 16.7 Å². The van der Waals surface area contributed by atoms with Crippen LogP contribution in [-0.4, -0.2) is 34.4 Å². The number of benzene rings is 1. The number of carbonyl (C=O) groups excluding carboxylic acids is 1. The van der Waals surface area contributed by atoms with E-state index in [1.54, 1.807) is 12.1 Å². The van der Waals surface area contributed by atoms with Crippen LogP contribution >= 0.6 is 15.9 Å². The fourth-order valence-corrected chi connectivity index (χ4v) is 2.09. The number of hydrogen-bond donors (Lipinski definition) is 0. The summed E-state index contributed by atoms with van der Waals surface area (Å²) < 4.78 is 10.1. The first-order valence-corrected chi connectivity index (χ1v) is 6.83. The maximum absolute atomic E-state index is 11.3. The van der Waals surface area contributed by atoms with Gasteiger partial charge >= 0.3 is 5.97 Å². The molecule has 0 amide bonds. The maximum Gasteiger partial charge on any atom is 0.322 e. The van der Waals surface area contributed by atoms with Crippen molar-refractivity contribution in [3.63, 3.8) is 0 Å². The van der Waals surface area contributed by atoms with Crippen molar-refractivity contribution in [2.45, 2.75) is 4.83 Å². The first-order chi connectivity index (χ1) is 10.0. The molecular weight excluding hydrogens is 344 g/mol. The number of nitro benzene ring substituents is 1. The smallest absolute Gasteiger partial charge is 0.322 e. The number of aromatic nitrogens is 1. The number of non-ortho nitro benzene ring substituents is 1. The second-order valence-electron chi connectivity index (χ2n) is 4.04. The predicted octanol–water partition coefficient (Wildman–Crippen LogP) is 2.46. The minimum Gasteiger partial charge on any atom is -0.490 e. The van der Waals surface area contributed by atoms with Gasteiger partial charge in [0, 0.05) is 12.3 Å². The van der Waals surface area contributed by atoms with Gasteiger partial charge in [0.2, 0.25) is 0 Å². The molecule has 0 aliphatic rings. The van der Waals surface area contributed by atoms with E-state index < -0.39 is 15.7 Å². The van der Waals surface area contributed by atoms with E-state index in [9.17, 15) is 14.9 Å². The highest BCUT2D eigenvalue weighted by Gasteiger charge is 2.19. The molecule has 1 aromatic carbocycles. The lowest BCUT2D eigenvalue weighted by atomic mass is 10.1. The van der Waals surface area contributed by atoms with Crippen molar-refractivity contribution in [2.24, 2.45) is 0 Å². The van der Waals surface area contributed by atoms with Gasteiger partial charge in [-0.05, 0) is 18.2 Å². The van der Waals surface area contributed by atoms with E-state index in [4.69, 9.17) is 4.74 Å². The summed E-state index contributed by atoms with van der Waals surface area (Å²) in [5, 5.41) is 11.4. The molecule has 110 valence electrons. The molecule has 0 spiro atoms. The Morgan fingerprint density at radius 1 is 1.48 bits per heavy atom. The molecule has 21 heavy (non-hydrogen) atoms. The van der Waals surface area contributed by atoms with Gasteiger partial charge in [-0.3, -0.25) is 19.9 Å². The van der Waals surface area contributed by atoms with Crippen LogP contribution in [0.25, 0.3) is 10.9 Å². The molecule has 2 aromatic rings. The summed E-state index contributed by atoms with van der Waals surface area (Å²) in [6, 6.07) is 6.02. The third-order valence-electron chi connectivity index (χ3n) is 2.75. The molecule has 8 heteroatoms. The number of nitro groups is 1. The molecule has 0 radical (unpaired) electrons. The maximum atomic E-state index is 11.3. The molecule has 2 rings (SSSR count). The van der Waals surface area contributed by atoms with Crippen molar-refractivity contribution in [1.82, 2.24) is 4.98 Å². The largest absolute Gasteiger partial charge is 0.490 e. The Morgan fingerprint density at radius 3 is 2.90 bits per heavy atom. The minimum atomic E-state index is -0.628. The van der Waals surface area contributed by atoms with Crippen LogP contribution in [0.15, 0.2) is 30.5 Å². The van der Waals surface area contributed by atoms with Crippen LogP contribution < -0.4 is 4.74 Å². The highest BCUT2D eigenvalue weighted by Crippen LogP contribution is 2.31. The van der Waals surface area contributed by atoms with Gasteiger partial charge in [0.15, 0.2) is 0 Å². The van der Waals surface area contributed by atoms with Crippen molar-refractivity contribution in [3.05, 3.63) is 40.6 Å². The summed E-state index contributed by atoms with van der Waals surface area (Å²) in [5.41, 5.74) is 0.324. The molecule has 1 atom stereocenters. The first-order valence-electron chi connectivity index (χ1n) is 5.91. The standard InChI is InChI=1S/C13H11BrN2O5/c1-20-13(17)9(14)7-21-11-5-4-10(16(18)19)8-3-2-6-15-12(8)11/h2-6,9H,7H2,1H3. The lowest BCUT2D eigenvalue weighted by Crippen LogP contribution is -2.23. The van der Waals surface area contributed by atoms with Gasteiger partial charge < -0.3 is 9.47 Å². The van der Waals surface area contributed by atoms with Crippen LogP contribution in [0.4, 0.5) is 5.69 Å². The zero-order valence-electron chi connectivity index (χ0n) is 11.0. The topological polar surface area (TPSA) is 91.6 Å². The predicted molar refractivity (Wildman–Crippen MR) is 78.6 cm³/mol. The molecule has 0 aliphatic carbocycles. The Hall–Kier alpha value is -2.22. The molecule has 7 nitrogen and oxygen atoms in total. The molecular formula is C13H11BrN2O5. The lowest BCUT2D eigenvalue weighted by Gasteiger charge is -2.11.